The second-order valence-corrected chi connectivity index (χ2v) is 9.96. The van der Waals surface area contributed by atoms with Crippen LogP contribution in [0.1, 0.15) is 78.1 Å². The number of rotatable bonds is 6. The van der Waals surface area contributed by atoms with Crippen LogP contribution >= 0.6 is 0 Å². The molecule has 4 nitrogen and oxygen atoms in total. The summed E-state index contributed by atoms with van der Waals surface area (Å²) in [5.74, 6) is 3.97. The Morgan fingerprint density at radius 2 is 2.11 bits per heavy atom. The Labute approximate surface area is 163 Å². The van der Waals surface area contributed by atoms with Crippen molar-refractivity contribution in [2.24, 2.45) is 46.1 Å². The zero-order chi connectivity index (χ0) is 19.2. The molecule has 7 atom stereocenters. The lowest BCUT2D eigenvalue weighted by atomic mass is 9.50. The molecule has 0 aromatic carbocycles. The highest BCUT2D eigenvalue weighted by atomic mass is 16.4. The molecule has 4 aliphatic rings. The summed E-state index contributed by atoms with van der Waals surface area (Å²) >= 11 is 0. The monoisotopic (exact) mass is 373 g/mol. The van der Waals surface area contributed by atoms with Gasteiger partial charge in [-0.05, 0) is 98.4 Å². The molecule has 0 aliphatic heterocycles. The number of oxime groups is 1. The predicted octanol–water partition coefficient (Wildman–Crippen LogP) is 5.51. The first-order valence-electron chi connectivity index (χ1n) is 11.1. The number of nitrogens with zero attached hydrogens (tertiary/aromatic N) is 1. The molecule has 0 radical (unpaired) electrons. The lowest BCUT2D eigenvalue weighted by molar-refractivity contribution is -0.137. The van der Waals surface area contributed by atoms with Crippen LogP contribution in [0.25, 0.3) is 0 Å². The van der Waals surface area contributed by atoms with Crippen molar-refractivity contribution < 1.29 is 15.1 Å². The molecule has 4 aliphatic carbocycles. The van der Waals surface area contributed by atoms with Gasteiger partial charge in [-0.1, -0.05) is 31.0 Å². The number of carboxylic acids is 1. The summed E-state index contributed by atoms with van der Waals surface area (Å²) in [5, 5.41) is 21.8. The van der Waals surface area contributed by atoms with Crippen molar-refractivity contribution >= 4 is 11.7 Å². The minimum Gasteiger partial charge on any atom is -0.481 e. The first-order chi connectivity index (χ1) is 13.0. The van der Waals surface area contributed by atoms with Gasteiger partial charge in [0.2, 0.25) is 0 Å². The van der Waals surface area contributed by atoms with Crippen LogP contribution < -0.4 is 0 Å². The summed E-state index contributed by atoms with van der Waals surface area (Å²) in [7, 11) is 0. The highest BCUT2D eigenvalue weighted by Gasteiger charge is 2.61. The summed E-state index contributed by atoms with van der Waals surface area (Å²) in [4.78, 5) is 11.0. The normalized spacial score (nSPS) is 44.1. The number of allylic oxidation sites excluding steroid dienone is 2. The molecule has 0 heterocycles. The summed E-state index contributed by atoms with van der Waals surface area (Å²) in [6.45, 7) is 4.77. The Morgan fingerprint density at radius 1 is 1.30 bits per heavy atom. The first-order valence-corrected chi connectivity index (χ1v) is 11.1. The number of aliphatic carboxylic acids is 1. The molecular formula is C23H35NO3. The Bertz CT molecular complexity index is 654. The van der Waals surface area contributed by atoms with Crippen molar-refractivity contribution in [3.8, 4) is 0 Å². The average Bonchev–Trinajstić information content (AvgIpc) is 3.44. The Balaban J connectivity index is 1.57. The molecule has 7 unspecified atom stereocenters. The number of fused-ring (bicyclic) bond motifs is 6. The van der Waals surface area contributed by atoms with Gasteiger partial charge in [-0.3, -0.25) is 4.79 Å². The Morgan fingerprint density at radius 3 is 2.81 bits per heavy atom. The van der Waals surface area contributed by atoms with Gasteiger partial charge in [-0.25, -0.2) is 0 Å². The number of hydrogen-bond donors (Lipinski definition) is 2. The van der Waals surface area contributed by atoms with Crippen molar-refractivity contribution in [1.82, 2.24) is 0 Å². The van der Waals surface area contributed by atoms with E-state index in [-0.39, 0.29) is 0 Å². The smallest absolute Gasteiger partial charge is 0.303 e. The van der Waals surface area contributed by atoms with E-state index in [4.69, 9.17) is 5.11 Å². The van der Waals surface area contributed by atoms with Crippen LogP contribution in [0.4, 0.5) is 0 Å². The van der Waals surface area contributed by atoms with Crippen molar-refractivity contribution in [1.29, 1.82) is 0 Å². The van der Waals surface area contributed by atoms with Gasteiger partial charge in [0.05, 0.1) is 5.71 Å². The molecule has 0 saturated heterocycles. The summed E-state index contributed by atoms with van der Waals surface area (Å²) < 4.78 is 0. The summed E-state index contributed by atoms with van der Waals surface area (Å²) in [5.41, 5.74) is 2.79. The van der Waals surface area contributed by atoms with E-state index in [0.29, 0.717) is 17.8 Å². The van der Waals surface area contributed by atoms with Crippen LogP contribution in [0.5, 0.6) is 0 Å². The van der Waals surface area contributed by atoms with Gasteiger partial charge in [0.25, 0.3) is 0 Å². The third-order valence-electron chi connectivity index (χ3n) is 8.52. The topological polar surface area (TPSA) is 69.9 Å². The van der Waals surface area contributed by atoms with Crippen LogP contribution in [0.15, 0.2) is 16.8 Å². The largest absolute Gasteiger partial charge is 0.481 e. The van der Waals surface area contributed by atoms with Crippen molar-refractivity contribution in [2.75, 3.05) is 0 Å². The molecule has 4 heteroatoms. The third-order valence-corrected chi connectivity index (χ3v) is 8.52. The molecule has 0 amide bonds. The van der Waals surface area contributed by atoms with Crippen molar-refractivity contribution in [2.45, 2.75) is 78.1 Å². The predicted molar refractivity (Wildman–Crippen MR) is 106 cm³/mol. The maximum absolute atomic E-state index is 11.0. The molecular weight excluding hydrogens is 338 g/mol. The molecule has 0 bridgehead atoms. The number of carbonyl (C=O) groups is 1. The van der Waals surface area contributed by atoms with E-state index in [9.17, 15) is 10.0 Å². The fraction of sp³-hybridized carbons (Fsp3) is 0.826. The van der Waals surface area contributed by atoms with E-state index in [0.717, 1.165) is 61.0 Å². The van der Waals surface area contributed by atoms with Gasteiger partial charge >= 0.3 is 5.97 Å². The van der Waals surface area contributed by atoms with Crippen LogP contribution in [0.2, 0.25) is 0 Å². The fourth-order valence-corrected chi connectivity index (χ4v) is 7.32. The highest BCUT2D eigenvalue weighted by molar-refractivity contribution is 5.96. The maximum Gasteiger partial charge on any atom is 0.303 e. The van der Waals surface area contributed by atoms with E-state index < -0.39 is 5.97 Å². The second-order valence-electron chi connectivity index (χ2n) is 9.96. The zero-order valence-electron chi connectivity index (χ0n) is 16.9. The lowest BCUT2D eigenvalue weighted by Gasteiger charge is -2.55. The number of hydrogen-bond acceptors (Lipinski definition) is 3. The van der Waals surface area contributed by atoms with Crippen LogP contribution in [-0.4, -0.2) is 22.0 Å². The molecule has 0 aromatic heterocycles. The van der Waals surface area contributed by atoms with Crippen LogP contribution in [0, 0.1) is 40.9 Å². The van der Waals surface area contributed by atoms with Crippen molar-refractivity contribution in [3.05, 3.63) is 11.6 Å². The first kappa shape index (κ1) is 19.0. The fourth-order valence-electron chi connectivity index (χ4n) is 7.32. The number of carboxylic acid groups (broad SMARTS) is 1. The molecule has 0 aromatic rings. The van der Waals surface area contributed by atoms with E-state index in [2.05, 4.69) is 25.1 Å². The Kier molecular flexibility index (Phi) is 5.11. The minimum atomic E-state index is -0.655. The van der Waals surface area contributed by atoms with Gasteiger partial charge < -0.3 is 10.3 Å². The SMILES string of the molecule is CCCC1C2C(CCC1(C)CCCC(=O)O)C1CC/C(=N\O)C=C1C1CC12. The Hall–Kier alpha value is -1.32. The van der Waals surface area contributed by atoms with Gasteiger partial charge in [0.1, 0.15) is 0 Å². The molecule has 2 N–H and O–H groups in total. The molecule has 3 saturated carbocycles. The molecule has 3 fully saturated rings. The van der Waals surface area contributed by atoms with E-state index in [1.807, 2.05) is 0 Å². The zero-order valence-corrected chi connectivity index (χ0v) is 16.9. The van der Waals surface area contributed by atoms with E-state index in [1.165, 1.54) is 32.1 Å². The summed E-state index contributed by atoms with van der Waals surface area (Å²) in [6.07, 6.45) is 12.9. The van der Waals surface area contributed by atoms with Crippen LogP contribution in [-0.2, 0) is 4.79 Å². The highest BCUT2D eigenvalue weighted by Crippen LogP contribution is 2.69. The van der Waals surface area contributed by atoms with Crippen LogP contribution in [0.3, 0.4) is 0 Å². The molecule has 150 valence electrons. The van der Waals surface area contributed by atoms with E-state index in [1.54, 1.807) is 5.57 Å². The standard InChI is InChI=1S/C23H35NO3/c1-3-5-20-22-16(9-11-23(20,2)10-4-6-21(25)26)15-8-7-14(24-27)12-17(15)18-13-19(18)22/h12,15-16,18-20,22,27H,3-11,13H2,1-2H3,(H,25,26)/b24-14+. The third kappa shape index (κ3) is 3.34. The maximum atomic E-state index is 11.0. The van der Waals surface area contributed by atoms with Gasteiger partial charge in [0, 0.05) is 6.42 Å². The minimum absolute atomic E-state index is 0.313. The average molecular weight is 374 g/mol. The lowest BCUT2D eigenvalue weighted by Crippen LogP contribution is -2.48. The van der Waals surface area contributed by atoms with Gasteiger partial charge in [0.15, 0.2) is 0 Å². The van der Waals surface area contributed by atoms with Gasteiger partial charge in [-0.15, -0.1) is 0 Å². The van der Waals surface area contributed by atoms with Crippen molar-refractivity contribution in [3.63, 3.8) is 0 Å². The molecule has 4 rings (SSSR count). The quantitative estimate of drug-likeness (QED) is 0.476. The second kappa shape index (κ2) is 7.25. The van der Waals surface area contributed by atoms with E-state index >= 15 is 0 Å². The van der Waals surface area contributed by atoms with Gasteiger partial charge in [-0.2, -0.15) is 0 Å². The molecule has 0 spiro atoms. The molecule has 27 heavy (non-hydrogen) atoms. The summed E-state index contributed by atoms with van der Waals surface area (Å²) in [6, 6.07) is 0.